The van der Waals surface area contributed by atoms with Crippen LogP contribution in [0.4, 0.5) is 23.7 Å². The zero-order chi connectivity index (χ0) is 21.4. The summed E-state index contributed by atoms with van der Waals surface area (Å²) in [7, 11) is 0. The number of hydrogen-bond acceptors (Lipinski definition) is 4. The predicted octanol–water partition coefficient (Wildman–Crippen LogP) is 3.57. The summed E-state index contributed by atoms with van der Waals surface area (Å²) in [4.78, 5) is 27.1. The SMILES string of the molecule is Cc1ccc(N(C(=O)n2nnn(-c3c(F)cccc3F)c2=O)C2CCCC2)c(F)c1. The van der Waals surface area contributed by atoms with E-state index in [-0.39, 0.29) is 11.7 Å². The zero-order valence-electron chi connectivity index (χ0n) is 16.1. The minimum absolute atomic E-state index is 0.0102. The lowest BCUT2D eigenvalue weighted by Gasteiger charge is -2.28. The Bertz CT molecular complexity index is 1150. The van der Waals surface area contributed by atoms with Gasteiger partial charge in [-0.2, -0.15) is 4.68 Å². The van der Waals surface area contributed by atoms with Gasteiger partial charge in [-0.05, 0) is 60.0 Å². The molecule has 1 aliphatic rings. The molecule has 1 heterocycles. The zero-order valence-corrected chi connectivity index (χ0v) is 16.1. The number of amides is 1. The lowest BCUT2D eigenvalue weighted by atomic mass is 10.1. The van der Waals surface area contributed by atoms with Gasteiger partial charge >= 0.3 is 11.7 Å². The highest BCUT2D eigenvalue weighted by Crippen LogP contribution is 2.31. The molecule has 0 bridgehead atoms. The Labute approximate surface area is 169 Å². The van der Waals surface area contributed by atoms with E-state index in [1.165, 1.54) is 17.0 Å². The van der Waals surface area contributed by atoms with E-state index in [1.54, 1.807) is 13.0 Å². The third-order valence-electron chi connectivity index (χ3n) is 5.17. The molecule has 156 valence electrons. The highest BCUT2D eigenvalue weighted by molar-refractivity contribution is 5.93. The second-order valence-electron chi connectivity index (χ2n) is 7.20. The molecule has 10 heteroatoms. The van der Waals surface area contributed by atoms with Gasteiger partial charge in [0.25, 0.3) is 0 Å². The average molecular weight is 417 g/mol. The Morgan fingerprint density at radius 1 is 1.03 bits per heavy atom. The smallest absolute Gasteiger partial charge is 0.286 e. The van der Waals surface area contributed by atoms with E-state index >= 15 is 0 Å². The van der Waals surface area contributed by atoms with E-state index in [9.17, 15) is 22.8 Å². The third-order valence-corrected chi connectivity index (χ3v) is 5.17. The molecule has 0 atom stereocenters. The normalized spacial score (nSPS) is 14.3. The molecular formula is C20H18F3N5O2. The molecule has 1 aromatic heterocycles. The van der Waals surface area contributed by atoms with Gasteiger partial charge in [0.05, 0.1) is 5.69 Å². The highest BCUT2D eigenvalue weighted by Gasteiger charge is 2.33. The van der Waals surface area contributed by atoms with E-state index in [0.29, 0.717) is 27.8 Å². The number of para-hydroxylation sites is 1. The van der Waals surface area contributed by atoms with Crippen LogP contribution in [0, 0.1) is 24.4 Å². The number of tetrazole rings is 1. The molecule has 0 unspecified atom stereocenters. The largest absolute Gasteiger partial charge is 0.377 e. The number of aromatic nitrogens is 4. The molecule has 1 aliphatic carbocycles. The van der Waals surface area contributed by atoms with Gasteiger partial charge in [0.15, 0.2) is 11.6 Å². The molecule has 1 saturated carbocycles. The molecule has 0 spiro atoms. The number of benzene rings is 2. The maximum atomic E-state index is 14.7. The molecular weight excluding hydrogens is 399 g/mol. The summed E-state index contributed by atoms with van der Waals surface area (Å²) in [6.07, 6.45) is 2.96. The monoisotopic (exact) mass is 417 g/mol. The summed E-state index contributed by atoms with van der Waals surface area (Å²) >= 11 is 0. The number of anilines is 1. The molecule has 2 aromatic carbocycles. The van der Waals surface area contributed by atoms with Gasteiger partial charge in [-0.15, -0.1) is 4.68 Å². The molecule has 4 rings (SSSR count). The molecule has 0 aliphatic heterocycles. The first kappa shape index (κ1) is 19.9. The fraction of sp³-hybridized carbons (Fsp3) is 0.300. The Balaban J connectivity index is 1.80. The minimum atomic E-state index is -1.15. The molecule has 1 amide bonds. The highest BCUT2D eigenvalue weighted by atomic mass is 19.1. The van der Waals surface area contributed by atoms with Gasteiger partial charge in [0.2, 0.25) is 0 Å². The number of carbonyl (C=O) groups excluding carboxylic acids is 1. The Morgan fingerprint density at radius 3 is 2.33 bits per heavy atom. The lowest BCUT2D eigenvalue weighted by Crippen LogP contribution is -2.46. The van der Waals surface area contributed by atoms with Crippen LogP contribution in [-0.2, 0) is 0 Å². The van der Waals surface area contributed by atoms with Gasteiger partial charge in [-0.3, -0.25) is 4.90 Å². The van der Waals surface area contributed by atoms with Crippen molar-refractivity contribution in [3.63, 3.8) is 0 Å². The minimum Gasteiger partial charge on any atom is -0.286 e. The summed E-state index contributed by atoms with van der Waals surface area (Å²) < 4.78 is 43.6. The van der Waals surface area contributed by atoms with E-state index in [4.69, 9.17) is 0 Å². The van der Waals surface area contributed by atoms with Crippen LogP contribution in [0.25, 0.3) is 5.69 Å². The lowest BCUT2D eigenvalue weighted by molar-refractivity contribution is 0.241. The fourth-order valence-electron chi connectivity index (χ4n) is 3.73. The Morgan fingerprint density at radius 2 is 1.70 bits per heavy atom. The second kappa shape index (κ2) is 7.77. The summed E-state index contributed by atoms with van der Waals surface area (Å²) in [5, 5.41) is 6.97. The maximum Gasteiger partial charge on any atom is 0.377 e. The molecule has 1 fully saturated rings. The first-order chi connectivity index (χ1) is 14.4. The third kappa shape index (κ3) is 3.38. The number of aryl methyl sites for hydroxylation is 1. The molecule has 30 heavy (non-hydrogen) atoms. The average Bonchev–Trinajstić information content (AvgIpc) is 3.34. The van der Waals surface area contributed by atoms with E-state index in [2.05, 4.69) is 10.4 Å². The van der Waals surface area contributed by atoms with Crippen molar-refractivity contribution in [3.05, 3.63) is 69.9 Å². The second-order valence-corrected chi connectivity index (χ2v) is 7.20. The first-order valence-electron chi connectivity index (χ1n) is 9.47. The van der Waals surface area contributed by atoms with Crippen LogP contribution in [0.3, 0.4) is 0 Å². The first-order valence-corrected chi connectivity index (χ1v) is 9.47. The maximum absolute atomic E-state index is 14.7. The summed E-state index contributed by atoms with van der Waals surface area (Å²) in [6.45, 7) is 1.72. The number of halogens is 3. The molecule has 0 saturated heterocycles. The topological polar surface area (TPSA) is 73.0 Å². The van der Waals surface area contributed by atoms with Crippen LogP contribution in [-0.4, -0.2) is 31.9 Å². The van der Waals surface area contributed by atoms with Crippen LogP contribution in [0.5, 0.6) is 0 Å². The van der Waals surface area contributed by atoms with Crippen molar-refractivity contribution in [2.45, 2.75) is 38.6 Å². The summed E-state index contributed by atoms with van der Waals surface area (Å²) in [6, 6.07) is 6.19. The summed E-state index contributed by atoms with van der Waals surface area (Å²) in [5.74, 6) is -2.68. The van der Waals surface area contributed by atoms with E-state index < -0.39 is 34.9 Å². The van der Waals surface area contributed by atoms with E-state index in [1.807, 2.05) is 0 Å². The van der Waals surface area contributed by atoms with Gasteiger partial charge in [-0.1, -0.05) is 25.0 Å². The molecule has 0 N–H and O–H groups in total. The standard InChI is InChI=1S/C20H18F3N5O2/c1-12-9-10-17(16(23)11-12)26(13-5-2-3-6-13)19(29)28-20(30)27(24-25-28)18-14(21)7-4-8-15(18)22/h4,7-11,13H,2-3,5-6H2,1H3. The van der Waals surface area contributed by atoms with Gasteiger partial charge in [0, 0.05) is 6.04 Å². The van der Waals surface area contributed by atoms with Gasteiger partial charge < -0.3 is 0 Å². The molecule has 7 nitrogen and oxygen atoms in total. The quantitative estimate of drug-likeness (QED) is 0.611. The summed E-state index contributed by atoms with van der Waals surface area (Å²) in [5.41, 5.74) is -1.21. The number of hydrogen-bond donors (Lipinski definition) is 0. The van der Waals surface area contributed by atoms with Crippen molar-refractivity contribution >= 4 is 11.7 Å². The number of nitrogens with zero attached hydrogens (tertiary/aromatic N) is 5. The van der Waals surface area contributed by atoms with Crippen molar-refractivity contribution in [1.29, 1.82) is 0 Å². The Hall–Kier alpha value is -3.43. The van der Waals surface area contributed by atoms with Crippen molar-refractivity contribution in [3.8, 4) is 5.69 Å². The van der Waals surface area contributed by atoms with Gasteiger partial charge in [-0.25, -0.2) is 22.8 Å². The van der Waals surface area contributed by atoms with Crippen LogP contribution in [0.15, 0.2) is 41.2 Å². The number of carbonyl (C=O) groups is 1. The van der Waals surface area contributed by atoms with Crippen molar-refractivity contribution in [2.24, 2.45) is 0 Å². The Kier molecular flexibility index (Phi) is 5.15. The van der Waals surface area contributed by atoms with Crippen molar-refractivity contribution in [1.82, 2.24) is 19.8 Å². The van der Waals surface area contributed by atoms with Crippen LogP contribution >= 0.6 is 0 Å². The van der Waals surface area contributed by atoms with Crippen LogP contribution in [0.1, 0.15) is 31.2 Å². The number of rotatable bonds is 3. The van der Waals surface area contributed by atoms with Gasteiger partial charge in [0.1, 0.15) is 11.5 Å². The van der Waals surface area contributed by atoms with Crippen molar-refractivity contribution in [2.75, 3.05) is 4.90 Å². The molecule has 0 radical (unpaired) electrons. The van der Waals surface area contributed by atoms with Crippen molar-refractivity contribution < 1.29 is 18.0 Å². The van der Waals surface area contributed by atoms with Crippen LogP contribution in [0.2, 0.25) is 0 Å². The fourth-order valence-corrected chi connectivity index (χ4v) is 3.73. The predicted molar refractivity (Wildman–Crippen MR) is 102 cm³/mol. The van der Waals surface area contributed by atoms with E-state index in [0.717, 1.165) is 31.0 Å². The van der Waals surface area contributed by atoms with Crippen LogP contribution < -0.4 is 10.6 Å². The molecule has 3 aromatic rings.